The van der Waals surface area contributed by atoms with Gasteiger partial charge in [0.25, 0.3) is 0 Å². The largest absolute Gasteiger partial charge is 0.0783 e. The number of hydrogen-bond donors (Lipinski definition) is 0. The second-order valence-electron chi connectivity index (χ2n) is 4.01. The molecule has 11 heavy (non-hydrogen) atoms. The van der Waals surface area contributed by atoms with Gasteiger partial charge in [0, 0.05) is 0 Å². The van der Waals surface area contributed by atoms with Gasteiger partial charge in [-0.3, -0.25) is 0 Å². The summed E-state index contributed by atoms with van der Waals surface area (Å²) < 4.78 is 0. The standard InChI is InChI=1S/C11H17/c1-9(2)10-5-7-11(3,4)8-6-10/h5,7H,3,6,8H2,1-2,4H3. The maximum atomic E-state index is 4.11. The molecule has 1 aliphatic carbocycles. The van der Waals surface area contributed by atoms with Gasteiger partial charge in [-0.15, -0.1) is 0 Å². The first kappa shape index (κ1) is 8.58. The molecule has 1 aliphatic rings. The zero-order valence-electron chi connectivity index (χ0n) is 7.78. The van der Waals surface area contributed by atoms with Crippen LogP contribution in [0.2, 0.25) is 0 Å². The summed E-state index contributed by atoms with van der Waals surface area (Å²) >= 11 is 0. The van der Waals surface area contributed by atoms with Crippen molar-refractivity contribution in [2.45, 2.75) is 33.6 Å². The fourth-order valence-electron chi connectivity index (χ4n) is 1.31. The van der Waals surface area contributed by atoms with Crippen LogP contribution in [0.1, 0.15) is 33.6 Å². The third kappa shape index (κ3) is 2.21. The maximum absolute atomic E-state index is 4.11. The van der Waals surface area contributed by atoms with E-state index in [1.165, 1.54) is 24.0 Å². The molecule has 0 aromatic rings. The van der Waals surface area contributed by atoms with E-state index in [1.54, 1.807) is 0 Å². The normalized spacial score (nSPS) is 22.0. The molecule has 0 fully saturated rings. The van der Waals surface area contributed by atoms with Crippen LogP contribution < -0.4 is 0 Å². The molecule has 0 nitrogen and oxygen atoms in total. The average molecular weight is 149 g/mol. The van der Waals surface area contributed by atoms with E-state index in [0.717, 1.165) is 0 Å². The van der Waals surface area contributed by atoms with E-state index in [2.05, 4.69) is 39.8 Å². The Hall–Kier alpha value is -0.520. The minimum atomic E-state index is 0.180. The van der Waals surface area contributed by atoms with E-state index in [9.17, 15) is 0 Å². The lowest BCUT2D eigenvalue weighted by Crippen LogP contribution is -2.11. The fourth-order valence-corrected chi connectivity index (χ4v) is 1.31. The highest BCUT2D eigenvalue weighted by Crippen LogP contribution is 2.32. The Kier molecular flexibility index (Phi) is 2.22. The molecule has 0 amide bonds. The molecule has 0 aliphatic heterocycles. The highest BCUT2D eigenvalue weighted by Gasteiger charge is 2.18. The molecule has 0 aromatic carbocycles. The van der Waals surface area contributed by atoms with E-state index in [4.69, 9.17) is 0 Å². The van der Waals surface area contributed by atoms with Crippen LogP contribution in [0.5, 0.6) is 0 Å². The van der Waals surface area contributed by atoms with Gasteiger partial charge in [0.2, 0.25) is 0 Å². The van der Waals surface area contributed by atoms with Crippen LogP contribution in [0.25, 0.3) is 0 Å². The van der Waals surface area contributed by atoms with E-state index in [1.807, 2.05) is 0 Å². The van der Waals surface area contributed by atoms with Crippen LogP contribution in [0.4, 0.5) is 0 Å². The van der Waals surface area contributed by atoms with Crippen molar-refractivity contribution in [3.63, 3.8) is 0 Å². The summed E-state index contributed by atoms with van der Waals surface area (Å²) in [5, 5.41) is 0. The summed E-state index contributed by atoms with van der Waals surface area (Å²) in [6.45, 7) is 10.6. The van der Waals surface area contributed by atoms with Gasteiger partial charge < -0.3 is 0 Å². The number of hydrogen-bond acceptors (Lipinski definition) is 0. The van der Waals surface area contributed by atoms with Crippen LogP contribution >= 0.6 is 0 Å². The second-order valence-corrected chi connectivity index (χ2v) is 4.01. The fraction of sp³-hybridized carbons (Fsp3) is 0.545. The van der Waals surface area contributed by atoms with Gasteiger partial charge in [-0.05, 0) is 44.6 Å². The van der Waals surface area contributed by atoms with Gasteiger partial charge in [0.15, 0.2) is 0 Å². The van der Waals surface area contributed by atoms with Gasteiger partial charge in [-0.1, -0.05) is 24.6 Å². The van der Waals surface area contributed by atoms with Crippen molar-refractivity contribution in [3.8, 4) is 0 Å². The third-order valence-electron chi connectivity index (χ3n) is 2.29. The van der Waals surface area contributed by atoms with Crippen molar-refractivity contribution in [2.24, 2.45) is 5.41 Å². The highest BCUT2D eigenvalue weighted by molar-refractivity contribution is 5.28. The predicted molar refractivity (Wildman–Crippen MR) is 50.2 cm³/mol. The molecule has 1 rings (SSSR count). The lowest BCUT2D eigenvalue weighted by molar-refractivity contribution is 0.482. The summed E-state index contributed by atoms with van der Waals surface area (Å²) in [6, 6.07) is 0. The van der Waals surface area contributed by atoms with Gasteiger partial charge >= 0.3 is 0 Å². The molecule has 1 radical (unpaired) electrons. The van der Waals surface area contributed by atoms with Crippen molar-refractivity contribution in [2.75, 3.05) is 0 Å². The molecule has 0 heteroatoms. The molecule has 0 aromatic heterocycles. The quantitative estimate of drug-likeness (QED) is 0.494. The third-order valence-corrected chi connectivity index (χ3v) is 2.29. The molecular formula is C11H17. The zero-order chi connectivity index (χ0) is 8.48. The Morgan fingerprint density at radius 1 is 1.55 bits per heavy atom. The average Bonchev–Trinajstić information content (AvgIpc) is 1.86. The Bertz CT molecular complexity index is 200. The predicted octanol–water partition coefficient (Wildman–Crippen LogP) is 3.51. The maximum Gasteiger partial charge on any atom is -0.0140 e. The lowest BCUT2D eigenvalue weighted by Gasteiger charge is -2.25. The summed E-state index contributed by atoms with van der Waals surface area (Å²) in [6.07, 6.45) is 6.83. The van der Waals surface area contributed by atoms with Gasteiger partial charge in [-0.2, -0.15) is 0 Å². The van der Waals surface area contributed by atoms with Crippen molar-refractivity contribution < 1.29 is 0 Å². The Labute approximate surface area is 70.0 Å². The van der Waals surface area contributed by atoms with Crippen LogP contribution in [0, 0.1) is 12.3 Å². The molecule has 0 spiro atoms. The second kappa shape index (κ2) is 2.84. The van der Waals surface area contributed by atoms with E-state index in [-0.39, 0.29) is 5.41 Å². The van der Waals surface area contributed by atoms with Gasteiger partial charge in [-0.25, -0.2) is 0 Å². The molecule has 0 saturated heterocycles. The molecule has 1 unspecified atom stereocenters. The first-order valence-electron chi connectivity index (χ1n) is 4.22. The smallest absolute Gasteiger partial charge is 0.0140 e. The Balaban J connectivity index is 2.80. The van der Waals surface area contributed by atoms with Crippen LogP contribution in [-0.4, -0.2) is 0 Å². The van der Waals surface area contributed by atoms with E-state index in [0.29, 0.717) is 0 Å². The first-order valence-corrected chi connectivity index (χ1v) is 4.22. The zero-order valence-corrected chi connectivity index (χ0v) is 7.78. The molecule has 0 heterocycles. The van der Waals surface area contributed by atoms with Gasteiger partial charge in [0.05, 0.1) is 0 Å². The molecule has 1 atom stereocenters. The lowest BCUT2D eigenvalue weighted by atomic mass is 9.80. The number of rotatable bonds is 0. The van der Waals surface area contributed by atoms with E-state index >= 15 is 0 Å². The summed E-state index contributed by atoms with van der Waals surface area (Å²) in [7, 11) is 0. The molecule has 0 bridgehead atoms. The summed E-state index contributed by atoms with van der Waals surface area (Å²) in [4.78, 5) is 0. The first-order chi connectivity index (χ1) is 5.01. The van der Waals surface area contributed by atoms with Crippen molar-refractivity contribution in [1.29, 1.82) is 0 Å². The topological polar surface area (TPSA) is 0 Å². The molecule has 0 N–H and O–H groups in total. The summed E-state index contributed by atoms with van der Waals surface area (Å²) in [5.74, 6) is 0. The molecule has 0 saturated carbocycles. The summed E-state index contributed by atoms with van der Waals surface area (Å²) in [5.41, 5.74) is 3.11. The molecule has 61 valence electrons. The highest BCUT2D eigenvalue weighted by atomic mass is 14.2. The Morgan fingerprint density at radius 2 is 2.18 bits per heavy atom. The van der Waals surface area contributed by atoms with E-state index < -0.39 is 0 Å². The monoisotopic (exact) mass is 149 g/mol. The molecular weight excluding hydrogens is 132 g/mol. The number of allylic oxidation sites excluding steroid dienone is 4. The van der Waals surface area contributed by atoms with Crippen molar-refractivity contribution >= 4 is 0 Å². The Morgan fingerprint density at radius 3 is 2.55 bits per heavy atom. The van der Waals surface area contributed by atoms with Crippen molar-refractivity contribution in [3.05, 3.63) is 30.2 Å². The van der Waals surface area contributed by atoms with Crippen LogP contribution in [0.3, 0.4) is 0 Å². The van der Waals surface area contributed by atoms with Crippen LogP contribution in [0.15, 0.2) is 23.3 Å². The SMILES string of the molecule is [CH2]C1(C)C=CC(=C(C)C)CC1. The minimum absolute atomic E-state index is 0.180. The van der Waals surface area contributed by atoms with Crippen molar-refractivity contribution in [1.82, 2.24) is 0 Å². The van der Waals surface area contributed by atoms with Gasteiger partial charge in [0.1, 0.15) is 0 Å². The van der Waals surface area contributed by atoms with Crippen LogP contribution in [-0.2, 0) is 0 Å². The minimum Gasteiger partial charge on any atom is -0.0783 e.